The molecule has 0 radical (unpaired) electrons. The maximum atomic E-state index is 13.8. The Kier molecular flexibility index (Phi) is 5.63. The number of anilines is 1. The molecule has 0 amide bonds. The number of nitrogens with zero attached hydrogens (tertiary/aromatic N) is 1. The Morgan fingerprint density at radius 2 is 2.18 bits per heavy atom. The molecule has 0 atom stereocenters. The van der Waals surface area contributed by atoms with Crippen LogP contribution >= 0.6 is 0 Å². The SMILES string of the molecule is CCCCN(CCO)c1c(F)cccc1C=O. The summed E-state index contributed by atoms with van der Waals surface area (Å²) in [5, 5.41) is 9.00. The molecule has 1 rings (SSSR count). The lowest BCUT2D eigenvalue weighted by Crippen LogP contribution is -2.29. The summed E-state index contributed by atoms with van der Waals surface area (Å²) in [5.74, 6) is -0.417. The fourth-order valence-electron chi connectivity index (χ4n) is 1.77. The van der Waals surface area contributed by atoms with E-state index in [2.05, 4.69) is 0 Å². The highest BCUT2D eigenvalue weighted by atomic mass is 19.1. The van der Waals surface area contributed by atoms with Gasteiger partial charge in [0.1, 0.15) is 5.82 Å². The van der Waals surface area contributed by atoms with Crippen LogP contribution in [0.5, 0.6) is 0 Å². The number of rotatable bonds is 7. The van der Waals surface area contributed by atoms with E-state index in [1.807, 2.05) is 6.92 Å². The second-order valence-electron chi connectivity index (χ2n) is 3.86. The summed E-state index contributed by atoms with van der Waals surface area (Å²) in [4.78, 5) is 12.6. The van der Waals surface area contributed by atoms with E-state index in [1.165, 1.54) is 12.1 Å². The van der Waals surface area contributed by atoms with E-state index in [9.17, 15) is 9.18 Å². The average Bonchev–Trinajstić information content (AvgIpc) is 2.34. The zero-order valence-electron chi connectivity index (χ0n) is 10.0. The van der Waals surface area contributed by atoms with Gasteiger partial charge in [0.25, 0.3) is 0 Å². The maximum absolute atomic E-state index is 13.8. The van der Waals surface area contributed by atoms with Gasteiger partial charge in [-0.1, -0.05) is 19.4 Å². The molecule has 0 aliphatic rings. The average molecular weight is 239 g/mol. The van der Waals surface area contributed by atoms with Crippen molar-refractivity contribution in [3.8, 4) is 0 Å². The Labute approximate surface area is 101 Å². The molecular weight excluding hydrogens is 221 g/mol. The van der Waals surface area contributed by atoms with Gasteiger partial charge in [0.05, 0.1) is 12.3 Å². The second-order valence-corrected chi connectivity index (χ2v) is 3.86. The van der Waals surface area contributed by atoms with Crippen molar-refractivity contribution in [1.29, 1.82) is 0 Å². The van der Waals surface area contributed by atoms with Crippen molar-refractivity contribution in [2.24, 2.45) is 0 Å². The van der Waals surface area contributed by atoms with Gasteiger partial charge in [-0.3, -0.25) is 4.79 Å². The molecule has 0 unspecified atom stereocenters. The van der Waals surface area contributed by atoms with Gasteiger partial charge in [-0.25, -0.2) is 4.39 Å². The summed E-state index contributed by atoms with van der Waals surface area (Å²) in [7, 11) is 0. The highest BCUT2D eigenvalue weighted by Gasteiger charge is 2.14. The van der Waals surface area contributed by atoms with E-state index in [4.69, 9.17) is 5.11 Å². The van der Waals surface area contributed by atoms with Gasteiger partial charge in [0, 0.05) is 18.7 Å². The molecule has 0 aliphatic heterocycles. The van der Waals surface area contributed by atoms with Crippen LogP contribution in [0.2, 0.25) is 0 Å². The van der Waals surface area contributed by atoms with Gasteiger partial charge in [-0.2, -0.15) is 0 Å². The fourth-order valence-corrected chi connectivity index (χ4v) is 1.77. The van der Waals surface area contributed by atoms with Gasteiger partial charge in [-0.15, -0.1) is 0 Å². The Morgan fingerprint density at radius 3 is 2.76 bits per heavy atom. The Bertz CT molecular complexity index is 368. The first-order valence-corrected chi connectivity index (χ1v) is 5.84. The van der Waals surface area contributed by atoms with E-state index in [0.29, 0.717) is 30.6 Å². The molecule has 4 heteroatoms. The molecule has 0 saturated carbocycles. The van der Waals surface area contributed by atoms with Crippen LogP contribution in [-0.2, 0) is 0 Å². The highest BCUT2D eigenvalue weighted by Crippen LogP contribution is 2.23. The third-order valence-corrected chi connectivity index (χ3v) is 2.61. The zero-order valence-corrected chi connectivity index (χ0v) is 10.0. The van der Waals surface area contributed by atoms with Crippen LogP contribution in [0.1, 0.15) is 30.1 Å². The first kappa shape index (κ1) is 13.6. The summed E-state index contributed by atoms with van der Waals surface area (Å²) in [6, 6.07) is 4.43. The molecule has 3 nitrogen and oxygen atoms in total. The summed E-state index contributed by atoms with van der Waals surface area (Å²) in [6.07, 6.45) is 2.52. The molecule has 0 spiro atoms. The lowest BCUT2D eigenvalue weighted by molar-refractivity contribution is 0.112. The number of aliphatic hydroxyl groups is 1. The minimum Gasteiger partial charge on any atom is -0.395 e. The minimum atomic E-state index is -0.417. The molecule has 1 aromatic rings. The summed E-state index contributed by atoms with van der Waals surface area (Å²) in [6.45, 7) is 2.95. The van der Waals surface area contributed by atoms with E-state index in [1.54, 1.807) is 11.0 Å². The van der Waals surface area contributed by atoms with Crippen LogP contribution in [0.15, 0.2) is 18.2 Å². The number of carbonyl (C=O) groups is 1. The predicted octanol–water partition coefficient (Wildman–Crippen LogP) is 2.24. The van der Waals surface area contributed by atoms with Crippen LogP contribution in [0.4, 0.5) is 10.1 Å². The topological polar surface area (TPSA) is 40.5 Å². The monoisotopic (exact) mass is 239 g/mol. The van der Waals surface area contributed by atoms with Crippen molar-refractivity contribution >= 4 is 12.0 Å². The van der Waals surface area contributed by atoms with Crippen LogP contribution in [0, 0.1) is 5.82 Å². The van der Waals surface area contributed by atoms with Crippen molar-refractivity contribution in [1.82, 2.24) is 0 Å². The Balaban J connectivity index is 3.02. The van der Waals surface area contributed by atoms with Crippen LogP contribution < -0.4 is 4.90 Å². The number of hydrogen-bond donors (Lipinski definition) is 1. The number of para-hydroxylation sites is 1. The van der Waals surface area contributed by atoms with Gasteiger partial charge in [-0.05, 0) is 18.6 Å². The third kappa shape index (κ3) is 3.53. The van der Waals surface area contributed by atoms with Gasteiger partial charge in [0.15, 0.2) is 6.29 Å². The molecule has 0 fully saturated rings. The van der Waals surface area contributed by atoms with Gasteiger partial charge < -0.3 is 10.0 Å². The fraction of sp³-hybridized carbons (Fsp3) is 0.462. The summed E-state index contributed by atoms with van der Waals surface area (Å²) in [5.41, 5.74) is 0.625. The van der Waals surface area contributed by atoms with E-state index >= 15 is 0 Å². The van der Waals surface area contributed by atoms with Gasteiger partial charge in [0.2, 0.25) is 0 Å². The molecule has 1 aromatic carbocycles. The standard InChI is InChI=1S/C13H18FNO2/c1-2-3-7-15(8-9-16)13-11(10-17)5-4-6-12(13)14/h4-6,10,16H,2-3,7-9H2,1H3. The number of aldehydes is 1. The van der Waals surface area contributed by atoms with Crippen molar-refractivity contribution in [2.75, 3.05) is 24.6 Å². The number of unbranched alkanes of at least 4 members (excludes halogenated alkanes) is 1. The molecule has 0 aliphatic carbocycles. The van der Waals surface area contributed by atoms with E-state index < -0.39 is 5.82 Å². The molecule has 0 aromatic heterocycles. The summed E-state index contributed by atoms with van der Waals surface area (Å²) < 4.78 is 13.8. The molecule has 0 saturated heterocycles. The van der Waals surface area contributed by atoms with E-state index in [-0.39, 0.29) is 6.61 Å². The number of aliphatic hydroxyl groups excluding tert-OH is 1. The van der Waals surface area contributed by atoms with Crippen LogP contribution in [0.25, 0.3) is 0 Å². The van der Waals surface area contributed by atoms with E-state index in [0.717, 1.165) is 12.8 Å². The quantitative estimate of drug-likeness (QED) is 0.742. The largest absolute Gasteiger partial charge is 0.395 e. The molecular formula is C13H18FNO2. The predicted molar refractivity (Wildman–Crippen MR) is 66.0 cm³/mol. The maximum Gasteiger partial charge on any atom is 0.152 e. The van der Waals surface area contributed by atoms with Crippen molar-refractivity contribution in [2.45, 2.75) is 19.8 Å². The molecule has 94 valence electrons. The number of halogens is 1. The van der Waals surface area contributed by atoms with Crippen molar-refractivity contribution < 1.29 is 14.3 Å². The lowest BCUT2D eigenvalue weighted by Gasteiger charge is -2.25. The number of carbonyl (C=O) groups excluding carboxylic acids is 1. The normalized spacial score (nSPS) is 10.3. The minimum absolute atomic E-state index is 0.0592. The molecule has 0 heterocycles. The van der Waals surface area contributed by atoms with Gasteiger partial charge >= 0.3 is 0 Å². The van der Waals surface area contributed by atoms with Crippen LogP contribution in [0.3, 0.4) is 0 Å². The zero-order chi connectivity index (χ0) is 12.7. The second kappa shape index (κ2) is 7.01. The molecule has 1 N–H and O–H groups in total. The smallest absolute Gasteiger partial charge is 0.152 e. The van der Waals surface area contributed by atoms with Crippen molar-refractivity contribution in [3.63, 3.8) is 0 Å². The highest BCUT2D eigenvalue weighted by molar-refractivity contribution is 5.84. The molecule has 17 heavy (non-hydrogen) atoms. The Morgan fingerprint density at radius 1 is 1.41 bits per heavy atom. The first-order chi connectivity index (χ1) is 8.24. The molecule has 0 bridgehead atoms. The number of hydrogen-bond acceptors (Lipinski definition) is 3. The van der Waals surface area contributed by atoms with Crippen LogP contribution in [-0.4, -0.2) is 31.1 Å². The first-order valence-electron chi connectivity index (χ1n) is 5.84. The third-order valence-electron chi connectivity index (χ3n) is 2.61. The Hall–Kier alpha value is -1.42. The summed E-state index contributed by atoms with van der Waals surface area (Å²) >= 11 is 0. The number of benzene rings is 1. The lowest BCUT2D eigenvalue weighted by atomic mass is 10.1. The van der Waals surface area contributed by atoms with Crippen molar-refractivity contribution in [3.05, 3.63) is 29.6 Å².